The Labute approximate surface area is 219 Å². The third-order valence-corrected chi connectivity index (χ3v) is 6.91. The summed E-state index contributed by atoms with van der Waals surface area (Å²) in [4.78, 5) is 20.8. The van der Waals surface area contributed by atoms with Crippen LogP contribution < -0.4 is 10.2 Å². The van der Waals surface area contributed by atoms with Gasteiger partial charge >= 0.3 is 6.18 Å². The second-order valence-electron chi connectivity index (χ2n) is 8.72. The minimum absolute atomic E-state index is 0.134. The topological polar surface area (TPSA) is 81.0 Å². The standard InChI is InChI=1S/C26H22F3N7OS/c27-26(28,29)19-3-1-2-17(12-19)13-31-24-22-25(36(16-32-22)20-6-11-38-15-20)34-23(33-24)18-4-5-21(30-14-18)35-7-9-37-10-8-35/h1-6,11-12,14-16H,7-10,13H2,(H,31,33,34). The number of hydrogen-bond acceptors (Lipinski definition) is 8. The number of benzene rings is 1. The summed E-state index contributed by atoms with van der Waals surface area (Å²) in [6, 6.07) is 11.0. The fraction of sp³-hybridized carbons (Fsp3) is 0.231. The number of nitrogens with one attached hydrogen (secondary N) is 1. The Morgan fingerprint density at radius 3 is 2.63 bits per heavy atom. The lowest BCUT2D eigenvalue weighted by atomic mass is 10.1. The second-order valence-corrected chi connectivity index (χ2v) is 9.50. The van der Waals surface area contributed by atoms with Crippen molar-refractivity contribution in [2.24, 2.45) is 0 Å². The van der Waals surface area contributed by atoms with Crippen molar-refractivity contribution in [1.82, 2.24) is 24.5 Å². The number of aromatic nitrogens is 5. The molecule has 194 valence electrons. The normalized spacial score (nSPS) is 14.2. The molecular weight excluding hydrogens is 515 g/mol. The number of hydrogen-bond donors (Lipinski definition) is 1. The van der Waals surface area contributed by atoms with Crippen LogP contribution in [0.15, 0.2) is 65.7 Å². The Balaban J connectivity index is 1.36. The molecule has 0 saturated carbocycles. The summed E-state index contributed by atoms with van der Waals surface area (Å²) < 4.78 is 46.9. The summed E-state index contributed by atoms with van der Waals surface area (Å²) >= 11 is 1.55. The van der Waals surface area contributed by atoms with Crippen molar-refractivity contribution in [2.45, 2.75) is 12.7 Å². The number of alkyl halides is 3. The number of thiophene rings is 1. The highest BCUT2D eigenvalue weighted by Gasteiger charge is 2.30. The highest BCUT2D eigenvalue weighted by atomic mass is 32.1. The van der Waals surface area contributed by atoms with Gasteiger partial charge in [-0.25, -0.2) is 19.9 Å². The lowest BCUT2D eigenvalue weighted by Crippen LogP contribution is -2.36. The third-order valence-electron chi connectivity index (χ3n) is 6.24. The van der Waals surface area contributed by atoms with E-state index in [1.165, 1.54) is 6.07 Å². The zero-order valence-corrected chi connectivity index (χ0v) is 20.8. The molecular formula is C26H22F3N7OS. The number of morpholine rings is 1. The number of pyridine rings is 1. The maximum atomic E-state index is 13.2. The van der Waals surface area contributed by atoms with Crippen LogP contribution in [0.3, 0.4) is 0 Å². The number of nitrogens with zero attached hydrogens (tertiary/aromatic N) is 6. The molecule has 1 aliphatic rings. The van der Waals surface area contributed by atoms with Gasteiger partial charge < -0.3 is 15.0 Å². The van der Waals surface area contributed by atoms with Gasteiger partial charge in [0.2, 0.25) is 0 Å². The molecule has 0 atom stereocenters. The lowest BCUT2D eigenvalue weighted by molar-refractivity contribution is -0.137. The van der Waals surface area contributed by atoms with Crippen LogP contribution in [0.1, 0.15) is 11.1 Å². The van der Waals surface area contributed by atoms with Crippen molar-refractivity contribution in [1.29, 1.82) is 0 Å². The molecule has 6 rings (SSSR count). The van der Waals surface area contributed by atoms with E-state index in [0.717, 1.165) is 36.7 Å². The molecule has 0 spiro atoms. The predicted octanol–water partition coefficient (Wildman–Crippen LogP) is 5.41. The van der Waals surface area contributed by atoms with Gasteiger partial charge in [-0.15, -0.1) is 0 Å². The molecule has 1 fully saturated rings. The molecule has 1 saturated heterocycles. The quantitative estimate of drug-likeness (QED) is 0.310. The summed E-state index contributed by atoms with van der Waals surface area (Å²) in [6.07, 6.45) is -1.01. The van der Waals surface area contributed by atoms with Crippen LogP contribution in [0.5, 0.6) is 0 Å². The molecule has 8 nitrogen and oxygen atoms in total. The molecule has 1 N–H and O–H groups in total. The Morgan fingerprint density at radius 2 is 1.89 bits per heavy atom. The van der Waals surface area contributed by atoms with E-state index in [4.69, 9.17) is 14.7 Å². The van der Waals surface area contributed by atoms with Gasteiger partial charge in [0.15, 0.2) is 22.8 Å². The van der Waals surface area contributed by atoms with E-state index in [-0.39, 0.29) is 6.54 Å². The highest BCUT2D eigenvalue weighted by molar-refractivity contribution is 7.08. The number of rotatable bonds is 6. The maximum absolute atomic E-state index is 13.2. The van der Waals surface area contributed by atoms with Crippen molar-refractivity contribution >= 4 is 34.1 Å². The van der Waals surface area contributed by atoms with Gasteiger partial charge in [-0.05, 0) is 41.3 Å². The van der Waals surface area contributed by atoms with E-state index < -0.39 is 11.7 Å². The minimum Gasteiger partial charge on any atom is -0.378 e. The van der Waals surface area contributed by atoms with Gasteiger partial charge in [0.1, 0.15) is 12.1 Å². The van der Waals surface area contributed by atoms with Crippen molar-refractivity contribution in [2.75, 3.05) is 36.5 Å². The Morgan fingerprint density at radius 1 is 1.03 bits per heavy atom. The van der Waals surface area contributed by atoms with Crippen LogP contribution in [0.2, 0.25) is 0 Å². The summed E-state index contributed by atoms with van der Waals surface area (Å²) in [5.74, 6) is 1.71. The fourth-order valence-electron chi connectivity index (χ4n) is 4.28. The van der Waals surface area contributed by atoms with Crippen LogP contribution in [0, 0.1) is 0 Å². The van der Waals surface area contributed by atoms with Crippen molar-refractivity contribution in [3.63, 3.8) is 0 Å². The molecule has 1 aliphatic heterocycles. The smallest absolute Gasteiger partial charge is 0.378 e. The predicted molar refractivity (Wildman–Crippen MR) is 140 cm³/mol. The highest BCUT2D eigenvalue weighted by Crippen LogP contribution is 2.31. The van der Waals surface area contributed by atoms with Crippen LogP contribution >= 0.6 is 11.3 Å². The van der Waals surface area contributed by atoms with Gasteiger partial charge in [0.25, 0.3) is 0 Å². The largest absolute Gasteiger partial charge is 0.416 e. The molecule has 1 aromatic carbocycles. The SMILES string of the molecule is FC(F)(F)c1cccc(CNc2nc(-c3ccc(N4CCOCC4)nc3)nc3c2ncn3-c2ccsc2)c1. The van der Waals surface area contributed by atoms with Crippen LogP contribution in [0.25, 0.3) is 28.2 Å². The first-order valence-electron chi connectivity index (χ1n) is 11.9. The summed E-state index contributed by atoms with van der Waals surface area (Å²) in [6.45, 7) is 3.01. The van der Waals surface area contributed by atoms with Gasteiger partial charge in [0, 0.05) is 36.8 Å². The van der Waals surface area contributed by atoms with Crippen molar-refractivity contribution in [3.8, 4) is 17.1 Å². The van der Waals surface area contributed by atoms with Crippen molar-refractivity contribution < 1.29 is 17.9 Å². The molecule has 5 aromatic rings. The molecule has 12 heteroatoms. The number of imidazole rings is 1. The Bertz CT molecular complexity index is 1550. The number of halogens is 3. The van der Waals surface area contributed by atoms with Gasteiger partial charge in [-0.2, -0.15) is 24.5 Å². The van der Waals surface area contributed by atoms with Crippen molar-refractivity contribution in [3.05, 3.63) is 76.9 Å². The third kappa shape index (κ3) is 4.92. The van der Waals surface area contributed by atoms with E-state index in [9.17, 15) is 13.2 Å². The van der Waals surface area contributed by atoms with E-state index in [0.29, 0.717) is 47.1 Å². The average Bonchev–Trinajstić information content (AvgIpc) is 3.62. The van der Waals surface area contributed by atoms with Crippen LogP contribution in [-0.2, 0) is 17.5 Å². The molecule has 0 aliphatic carbocycles. The van der Waals surface area contributed by atoms with E-state index >= 15 is 0 Å². The van der Waals surface area contributed by atoms with E-state index in [2.05, 4.69) is 20.2 Å². The minimum atomic E-state index is -4.41. The van der Waals surface area contributed by atoms with Crippen LogP contribution in [-0.4, -0.2) is 50.8 Å². The first-order chi connectivity index (χ1) is 18.5. The monoisotopic (exact) mass is 537 g/mol. The zero-order chi connectivity index (χ0) is 26.1. The molecule has 38 heavy (non-hydrogen) atoms. The number of fused-ring (bicyclic) bond motifs is 1. The summed E-state index contributed by atoms with van der Waals surface area (Å²) in [7, 11) is 0. The van der Waals surface area contributed by atoms with Gasteiger partial charge in [-0.3, -0.25) is 4.57 Å². The van der Waals surface area contributed by atoms with Gasteiger partial charge in [-0.1, -0.05) is 12.1 Å². The Kier molecular flexibility index (Phi) is 6.42. The summed E-state index contributed by atoms with van der Waals surface area (Å²) in [5.41, 5.74) is 2.50. The summed E-state index contributed by atoms with van der Waals surface area (Å²) in [5, 5.41) is 7.13. The first kappa shape index (κ1) is 24.3. The Hall–Kier alpha value is -4.03. The fourth-order valence-corrected chi connectivity index (χ4v) is 4.91. The molecule has 0 unspecified atom stereocenters. The number of ether oxygens (including phenoxy) is 1. The van der Waals surface area contributed by atoms with Crippen LogP contribution in [0.4, 0.5) is 24.8 Å². The van der Waals surface area contributed by atoms with E-state index in [1.807, 2.05) is 33.5 Å². The molecule has 0 amide bonds. The average molecular weight is 538 g/mol. The molecule has 4 aromatic heterocycles. The number of anilines is 2. The van der Waals surface area contributed by atoms with Gasteiger partial charge in [0.05, 0.1) is 24.5 Å². The maximum Gasteiger partial charge on any atom is 0.416 e. The molecule has 0 radical (unpaired) electrons. The molecule has 0 bridgehead atoms. The first-order valence-corrected chi connectivity index (χ1v) is 12.9. The lowest BCUT2D eigenvalue weighted by Gasteiger charge is -2.27. The second kappa shape index (κ2) is 10.0. The van der Waals surface area contributed by atoms with E-state index in [1.54, 1.807) is 29.9 Å². The zero-order valence-electron chi connectivity index (χ0n) is 20.0. The molecule has 5 heterocycles.